The number of hydrogen-bond acceptors (Lipinski definition) is 2. The first-order valence-corrected chi connectivity index (χ1v) is 3.20. The van der Waals surface area contributed by atoms with Crippen LogP contribution in [-0.2, 0) is 0 Å². The van der Waals surface area contributed by atoms with Gasteiger partial charge in [-0.3, -0.25) is 0 Å². The second-order valence-corrected chi connectivity index (χ2v) is 2.46. The third-order valence-corrected chi connectivity index (χ3v) is 1.88. The fourth-order valence-electron chi connectivity index (χ4n) is 0.682. The molecular formula is C7H9NS. The molecule has 0 aliphatic heterocycles. The number of rotatable bonds is 0. The summed E-state index contributed by atoms with van der Waals surface area (Å²) in [6.07, 6.45) is 0. The van der Waals surface area contributed by atoms with Crippen molar-refractivity contribution in [3.63, 3.8) is 0 Å². The van der Waals surface area contributed by atoms with Crippen LogP contribution in [0.1, 0.15) is 5.56 Å². The third-order valence-electron chi connectivity index (χ3n) is 1.27. The Kier molecular flexibility index (Phi) is 1.67. The highest BCUT2D eigenvalue weighted by atomic mass is 32.1. The van der Waals surface area contributed by atoms with E-state index in [4.69, 9.17) is 5.73 Å². The molecule has 0 heterocycles. The summed E-state index contributed by atoms with van der Waals surface area (Å²) in [5.41, 5.74) is 7.42. The predicted octanol–water partition coefficient (Wildman–Crippen LogP) is 1.87. The standard InChI is InChI=1S/C7H9NS/c1-5-3-2-4-6(8)7(5)9/h2-4,9H,8H2,1H3. The van der Waals surface area contributed by atoms with Crippen LogP contribution < -0.4 is 5.73 Å². The molecule has 0 aliphatic rings. The third kappa shape index (κ3) is 1.19. The number of nitrogen functional groups attached to an aromatic ring is 1. The van der Waals surface area contributed by atoms with Crippen LogP contribution >= 0.6 is 12.6 Å². The lowest BCUT2D eigenvalue weighted by atomic mass is 10.2. The molecule has 2 heteroatoms. The lowest BCUT2D eigenvalue weighted by Crippen LogP contribution is -1.87. The number of anilines is 1. The Hall–Kier alpha value is -0.630. The summed E-state index contributed by atoms with van der Waals surface area (Å²) >= 11 is 4.19. The van der Waals surface area contributed by atoms with Gasteiger partial charge in [0.25, 0.3) is 0 Å². The maximum absolute atomic E-state index is 5.54. The molecule has 0 amide bonds. The van der Waals surface area contributed by atoms with Gasteiger partial charge in [0.15, 0.2) is 0 Å². The van der Waals surface area contributed by atoms with E-state index >= 15 is 0 Å². The van der Waals surface area contributed by atoms with E-state index in [0.717, 1.165) is 16.1 Å². The molecule has 1 aromatic carbocycles. The highest BCUT2D eigenvalue weighted by Gasteiger charge is 1.93. The van der Waals surface area contributed by atoms with Crippen LogP contribution in [0.3, 0.4) is 0 Å². The van der Waals surface area contributed by atoms with Gasteiger partial charge in [-0.25, -0.2) is 0 Å². The fraction of sp³-hybridized carbons (Fsp3) is 0.143. The lowest BCUT2D eigenvalue weighted by Gasteiger charge is -1.99. The molecule has 2 N–H and O–H groups in total. The minimum atomic E-state index is 0.748. The van der Waals surface area contributed by atoms with Gasteiger partial charge in [-0.1, -0.05) is 12.1 Å². The van der Waals surface area contributed by atoms with Gasteiger partial charge in [-0.15, -0.1) is 12.6 Å². The average Bonchev–Trinajstić information content (AvgIpc) is 1.83. The van der Waals surface area contributed by atoms with Gasteiger partial charge >= 0.3 is 0 Å². The van der Waals surface area contributed by atoms with E-state index in [0.29, 0.717) is 0 Å². The second-order valence-electron chi connectivity index (χ2n) is 2.01. The van der Waals surface area contributed by atoms with E-state index < -0.39 is 0 Å². The Bertz CT molecular complexity index is 200. The van der Waals surface area contributed by atoms with Crippen molar-refractivity contribution in [2.45, 2.75) is 11.8 Å². The van der Waals surface area contributed by atoms with E-state index in [1.807, 2.05) is 25.1 Å². The summed E-state index contributed by atoms with van der Waals surface area (Å²) in [5, 5.41) is 0. The molecule has 0 aromatic heterocycles. The van der Waals surface area contributed by atoms with Crippen molar-refractivity contribution in [2.75, 3.05) is 5.73 Å². The van der Waals surface area contributed by atoms with Gasteiger partial charge < -0.3 is 5.73 Å². The zero-order valence-corrected chi connectivity index (χ0v) is 6.15. The van der Waals surface area contributed by atoms with E-state index in [1.165, 1.54) is 0 Å². The van der Waals surface area contributed by atoms with Crippen LogP contribution in [0.2, 0.25) is 0 Å². The van der Waals surface area contributed by atoms with Crippen LogP contribution in [0.15, 0.2) is 23.1 Å². The molecule has 0 unspecified atom stereocenters. The van der Waals surface area contributed by atoms with Gasteiger partial charge in [-0.05, 0) is 18.6 Å². The second kappa shape index (κ2) is 2.31. The Morgan fingerprint density at radius 3 is 2.56 bits per heavy atom. The molecular weight excluding hydrogens is 130 g/mol. The van der Waals surface area contributed by atoms with Crippen molar-refractivity contribution >= 4 is 18.3 Å². The van der Waals surface area contributed by atoms with E-state index in [1.54, 1.807) is 0 Å². The number of benzene rings is 1. The lowest BCUT2D eigenvalue weighted by molar-refractivity contribution is 1.32. The topological polar surface area (TPSA) is 26.0 Å². The molecule has 0 saturated carbocycles. The quantitative estimate of drug-likeness (QED) is 0.416. The Balaban J connectivity index is 3.25. The Labute approximate surface area is 60.3 Å². The summed E-state index contributed by atoms with van der Waals surface area (Å²) in [6, 6.07) is 5.75. The van der Waals surface area contributed by atoms with Crippen LogP contribution in [-0.4, -0.2) is 0 Å². The van der Waals surface area contributed by atoms with Crippen LogP contribution in [0.25, 0.3) is 0 Å². The average molecular weight is 139 g/mol. The smallest absolute Gasteiger partial charge is 0.0452 e. The highest BCUT2D eigenvalue weighted by molar-refractivity contribution is 7.80. The van der Waals surface area contributed by atoms with Gasteiger partial charge in [-0.2, -0.15) is 0 Å². The fourth-order valence-corrected chi connectivity index (χ4v) is 0.831. The molecule has 0 radical (unpaired) electrons. The molecule has 48 valence electrons. The molecule has 0 bridgehead atoms. The first-order valence-electron chi connectivity index (χ1n) is 2.76. The zero-order valence-electron chi connectivity index (χ0n) is 5.26. The Morgan fingerprint density at radius 1 is 1.44 bits per heavy atom. The van der Waals surface area contributed by atoms with Gasteiger partial charge in [0.1, 0.15) is 0 Å². The van der Waals surface area contributed by atoms with Gasteiger partial charge in [0.05, 0.1) is 0 Å². The van der Waals surface area contributed by atoms with Gasteiger partial charge in [0, 0.05) is 10.6 Å². The van der Waals surface area contributed by atoms with E-state index in [2.05, 4.69) is 12.6 Å². The minimum Gasteiger partial charge on any atom is -0.398 e. The summed E-state index contributed by atoms with van der Waals surface area (Å²) in [5.74, 6) is 0. The van der Waals surface area contributed by atoms with Crippen LogP contribution in [0, 0.1) is 6.92 Å². The first kappa shape index (κ1) is 6.49. The molecule has 1 aromatic rings. The molecule has 9 heavy (non-hydrogen) atoms. The van der Waals surface area contributed by atoms with E-state index in [-0.39, 0.29) is 0 Å². The predicted molar refractivity (Wildman–Crippen MR) is 42.8 cm³/mol. The normalized spacial score (nSPS) is 9.56. The monoisotopic (exact) mass is 139 g/mol. The molecule has 1 rings (SSSR count). The van der Waals surface area contributed by atoms with Crippen molar-refractivity contribution < 1.29 is 0 Å². The number of thiol groups is 1. The maximum atomic E-state index is 5.54. The maximum Gasteiger partial charge on any atom is 0.0452 e. The molecule has 0 spiro atoms. The molecule has 0 fully saturated rings. The summed E-state index contributed by atoms with van der Waals surface area (Å²) in [6.45, 7) is 1.98. The van der Waals surface area contributed by atoms with Crippen molar-refractivity contribution in [1.29, 1.82) is 0 Å². The molecule has 1 nitrogen and oxygen atoms in total. The summed E-state index contributed by atoms with van der Waals surface area (Å²) in [4.78, 5) is 0.887. The molecule has 0 aliphatic carbocycles. The zero-order chi connectivity index (χ0) is 6.85. The van der Waals surface area contributed by atoms with E-state index in [9.17, 15) is 0 Å². The largest absolute Gasteiger partial charge is 0.398 e. The minimum absolute atomic E-state index is 0.748. The van der Waals surface area contributed by atoms with Crippen molar-refractivity contribution in [1.82, 2.24) is 0 Å². The molecule has 0 saturated heterocycles. The van der Waals surface area contributed by atoms with Crippen molar-refractivity contribution in [3.05, 3.63) is 23.8 Å². The number of nitrogens with two attached hydrogens (primary N) is 1. The van der Waals surface area contributed by atoms with Crippen molar-refractivity contribution in [3.8, 4) is 0 Å². The first-order chi connectivity index (χ1) is 4.22. The number of hydrogen-bond donors (Lipinski definition) is 2. The summed E-state index contributed by atoms with van der Waals surface area (Å²) in [7, 11) is 0. The SMILES string of the molecule is Cc1cccc(N)c1S. The highest BCUT2D eigenvalue weighted by Crippen LogP contribution is 2.19. The van der Waals surface area contributed by atoms with Crippen molar-refractivity contribution in [2.24, 2.45) is 0 Å². The van der Waals surface area contributed by atoms with Gasteiger partial charge in [0.2, 0.25) is 0 Å². The van der Waals surface area contributed by atoms with Crippen LogP contribution in [0.4, 0.5) is 5.69 Å². The Morgan fingerprint density at radius 2 is 2.11 bits per heavy atom. The molecule has 0 atom stereocenters. The summed E-state index contributed by atoms with van der Waals surface area (Å²) < 4.78 is 0. The van der Waals surface area contributed by atoms with Crippen LogP contribution in [0.5, 0.6) is 0 Å². The number of aryl methyl sites for hydroxylation is 1.